The maximum atomic E-state index is 12.4. The van der Waals surface area contributed by atoms with Gasteiger partial charge in [0.05, 0.1) is 7.11 Å². The molecule has 1 aliphatic carbocycles. The van der Waals surface area contributed by atoms with E-state index in [0.29, 0.717) is 11.7 Å². The Bertz CT molecular complexity index is 462. The third kappa shape index (κ3) is 2.68. The Balaban J connectivity index is 2.33. The van der Waals surface area contributed by atoms with E-state index in [1.54, 1.807) is 7.11 Å². The first kappa shape index (κ1) is 14.1. The van der Waals surface area contributed by atoms with Crippen molar-refractivity contribution in [2.75, 3.05) is 7.11 Å². The molecule has 1 fully saturated rings. The summed E-state index contributed by atoms with van der Waals surface area (Å²) < 4.78 is 5.47. The van der Waals surface area contributed by atoms with E-state index in [0.717, 1.165) is 30.6 Å². The second kappa shape index (κ2) is 5.36. The van der Waals surface area contributed by atoms with E-state index in [4.69, 9.17) is 4.74 Å². The third-order valence-corrected chi connectivity index (χ3v) is 4.56. The van der Waals surface area contributed by atoms with E-state index in [1.807, 2.05) is 18.2 Å². The van der Waals surface area contributed by atoms with Gasteiger partial charge in [-0.1, -0.05) is 39.0 Å². The number of methoxy groups -OCH3 is 1. The normalized spacial score (nSPS) is 24.3. The van der Waals surface area contributed by atoms with Crippen LogP contribution in [0.1, 0.15) is 45.6 Å². The van der Waals surface area contributed by atoms with Gasteiger partial charge in [0, 0.05) is 23.3 Å². The van der Waals surface area contributed by atoms with Gasteiger partial charge >= 0.3 is 0 Å². The maximum absolute atomic E-state index is 12.4. The van der Waals surface area contributed by atoms with Crippen LogP contribution in [0.4, 0.5) is 0 Å². The Morgan fingerprint density at radius 2 is 1.89 bits per heavy atom. The number of hydrogen-bond acceptors (Lipinski definition) is 2. The molecule has 2 atom stereocenters. The summed E-state index contributed by atoms with van der Waals surface area (Å²) in [5, 5.41) is 0. The molecular formula is C17H24O2. The number of carbonyl (C=O) groups is 1. The lowest BCUT2D eigenvalue weighted by Gasteiger charge is -2.38. The molecule has 2 nitrogen and oxygen atoms in total. The van der Waals surface area contributed by atoms with Gasteiger partial charge in [0.1, 0.15) is 11.5 Å². The number of rotatable bonds is 3. The highest BCUT2D eigenvalue weighted by Crippen LogP contribution is 2.43. The smallest absolute Gasteiger partial charge is 0.137 e. The van der Waals surface area contributed by atoms with Crippen molar-refractivity contribution in [3.8, 4) is 5.75 Å². The summed E-state index contributed by atoms with van der Waals surface area (Å²) in [5.41, 5.74) is 0.981. The molecule has 1 aromatic rings. The standard InChI is InChI=1S/C17H24O2/c1-12-9-10-13(15(18)11-12)17(2,3)14-7-5-6-8-16(14)19-4/h5-8,12-13H,9-11H2,1-4H3. The summed E-state index contributed by atoms with van der Waals surface area (Å²) in [5.74, 6) is 1.95. The second-order valence-corrected chi connectivity index (χ2v) is 6.33. The predicted molar refractivity (Wildman–Crippen MR) is 77.5 cm³/mol. The molecule has 2 heteroatoms. The van der Waals surface area contributed by atoms with Crippen molar-refractivity contribution in [1.82, 2.24) is 0 Å². The van der Waals surface area contributed by atoms with E-state index in [1.165, 1.54) is 0 Å². The second-order valence-electron chi connectivity index (χ2n) is 6.33. The average Bonchev–Trinajstić information content (AvgIpc) is 2.38. The number of hydrogen-bond donors (Lipinski definition) is 0. The summed E-state index contributed by atoms with van der Waals surface area (Å²) in [6.07, 6.45) is 2.86. The first-order valence-corrected chi connectivity index (χ1v) is 7.13. The minimum atomic E-state index is -0.163. The molecule has 2 unspecified atom stereocenters. The molecule has 0 amide bonds. The zero-order chi connectivity index (χ0) is 14.0. The van der Waals surface area contributed by atoms with Crippen LogP contribution in [-0.2, 0) is 10.2 Å². The van der Waals surface area contributed by atoms with Crippen molar-refractivity contribution in [2.45, 2.75) is 45.4 Å². The summed E-state index contributed by atoms with van der Waals surface area (Å²) >= 11 is 0. The van der Waals surface area contributed by atoms with Crippen molar-refractivity contribution in [1.29, 1.82) is 0 Å². The molecule has 2 rings (SSSR count). The molecule has 0 N–H and O–H groups in total. The molecule has 19 heavy (non-hydrogen) atoms. The van der Waals surface area contributed by atoms with E-state index < -0.39 is 0 Å². The molecule has 1 aliphatic rings. The highest BCUT2D eigenvalue weighted by Gasteiger charge is 2.40. The molecule has 0 heterocycles. The quantitative estimate of drug-likeness (QED) is 0.821. The summed E-state index contributed by atoms with van der Waals surface area (Å²) in [6, 6.07) is 8.07. The fraction of sp³-hybridized carbons (Fsp3) is 0.588. The van der Waals surface area contributed by atoms with Crippen LogP contribution in [0.3, 0.4) is 0 Å². The molecule has 0 spiro atoms. The Labute approximate surface area is 116 Å². The molecule has 1 saturated carbocycles. The first-order chi connectivity index (χ1) is 8.96. The van der Waals surface area contributed by atoms with Crippen LogP contribution >= 0.6 is 0 Å². The van der Waals surface area contributed by atoms with E-state index in [2.05, 4.69) is 26.8 Å². The Morgan fingerprint density at radius 3 is 2.53 bits per heavy atom. The highest BCUT2D eigenvalue weighted by atomic mass is 16.5. The topological polar surface area (TPSA) is 26.3 Å². The lowest BCUT2D eigenvalue weighted by atomic mass is 9.65. The average molecular weight is 260 g/mol. The zero-order valence-corrected chi connectivity index (χ0v) is 12.4. The van der Waals surface area contributed by atoms with Crippen LogP contribution in [0.25, 0.3) is 0 Å². The van der Waals surface area contributed by atoms with Gasteiger partial charge in [-0.2, -0.15) is 0 Å². The molecule has 0 saturated heterocycles. The maximum Gasteiger partial charge on any atom is 0.137 e. The van der Waals surface area contributed by atoms with Crippen molar-refractivity contribution in [3.05, 3.63) is 29.8 Å². The van der Waals surface area contributed by atoms with E-state index in [-0.39, 0.29) is 11.3 Å². The van der Waals surface area contributed by atoms with Crippen LogP contribution in [-0.4, -0.2) is 12.9 Å². The van der Waals surface area contributed by atoms with Gasteiger partial charge in [-0.15, -0.1) is 0 Å². The minimum absolute atomic E-state index is 0.111. The molecule has 0 radical (unpaired) electrons. The van der Waals surface area contributed by atoms with Crippen LogP contribution in [0.15, 0.2) is 24.3 Å². The highest BCUT2D eigenvalue weighted by molar-refractivity contribution is 5.83. The molecule has 0 aromatic heterocycles. The van der Waals surface area contributed by atoms with Gasteiger partial charge in [0.2, 0.25) is 0 Å². The van der Waals surface area contributed by atoms with E-state index >= 15 is 0 Å². The van der Waals surface area contributed by atoms with Gasteiger partial charge in [0.25, 0.3) is 0 Å². The van der Waals surface area contributed by atoms with Gasteiger partial charge in [-0.25, -0.2) is 0 Å². The minimum Gasteiger partial charge on any atom is -0.496 e. The zero-order valence-electron chi connectivity index (χ0n) is 12.4. The van der Waals surface area contributed by atoms with Crippen LogP contribution in [0.5, 0.6) is 5.75 Å². The molecule has 104 valence electrons. The Kier molecular flexibility index (Phi) is 3.98. The number of ether oxygens (including phenoxy) is 1. The SMILES string of the molecule is COc1ccccc1C(C)(C)C1CCC(C)CC1=O. The fourth-order valence-electron chi connectivity index (χ4n) is 3.33. The van der Waals surface area contributed by atoms with E-state index in [9.17, 15) is 4.79 Å². The Morgan fingerprint density at radius 1 is 1.21 bits per heavy atom. The van der Waals surface area contributed by atoms with Crippen molar-refractivity contribution >= 4 is 5.78 Å². The predicted octanol–water partition coefficient (Wildman–Crippen LogP) is 3.98. The van der Waals surface area contributed by atoms with Crippen LogP contribution < -0.4 is 4.74 Å². The van der Waals surface area contributed by atoms with Crippen LogP contribution in [0.2, 0.25) is 0 Å². The van der Waals surface area contributed by atoms with Crippen molar-refractivity contribution < 1.29 is 9.53 Å². The summed E-state index contributed by atoms with van der Waals surface area (Å²) in [6.45, 7) is 6.51. The number of benzene rings is 1. The van der Waals surface area contributed by atoms with Gasteiger partial charge < -0.3 is 4.74 Å². The molecular weight excluding hydrogens is 236 g/mol. The first-order valence-electron chi connectivity index (χ1n) is 7.13. The van der Waals surface area contributed by atoms with Gasteiger partial charge in [-0.05, 0) is 24.8 Å². The Hall–Kier alpha value is -1.31. The number of Topliss-reactive ketones (excluding diaryl/α,β-unsaturated/α-hetero) is 1. The molecule has 0 aliphatic heterocycles. The number of ketones is 1. The summed E-state index contributed by atoms with van der Waals surface area (Å²) in [7, 11) is 1.69. The monoisotopic (exact) mass is 260 g/mol. The van der Waals surface area contributed by atoms with Crippen molar-refractivity contribution in [2.24, 2.45) is 11.8 Å². The third-order valence-electron chi connectivity index (χ3n) is 4.56. The largest absolute Gasteiger partial charge is 0.496 e. The lowest BCUT2D eigenvalue weighted by molar-refractivity contribution is -0.128. The number of para-hydroxylation sites is 1. The molecule has 0 bridgehead atoms. The van der Waals surface area contributed by atoms with Crippen LogP contribution in [0, 0.1) is 11.8 Å². The van der Waals surface area contributed by atoms with Gasteiger partial charge in [-0.3, -0.25) is 4.79 Å². The van der Waals surface area contributed by atoms with Crippen molar-refractivity contribution in [3.63, 3.8) is 0 Å². The van der Waals surface area contributed by atoms with Gasteiger partial charge in [0.15, 0.2) is 0 Å². The summed E-state index contributed by atoms with van der Waals surface area (Å²) in [4.78, 5) is 12.4. The lowest BCUT2D eigenvalue weighted by Crippen LogP contribution is -2.38. The molecule has 1 aromatic carbocycles. The fourth-order valence-corrected chi connectivity index (χ4v) is 3.33. The number of carbonyl (C=O) groups excluding carboxylic acids is 1.